The number of nitrogens with zero attached hydrogens (tertiary/aromatic N) is 3. The Balaban J connectivity index is 2.41. The second kappa shape index (κ2) is 5.07. The zero-order chi connectivity index (χ0) is 10.6. The number of hydrazone groups is 1. The van der Waals surface area contributed by atoms with Crippen molar-refractivity contribution in [1.29, 1.82) is 0 Å². The Morgan fingerprint density at radius 3 is 2.86 bits per heavy atom. The van der Waals surface area contributed by atoms with Gasteiger partial charge in [-0.05, 0) is 14.1 Å². The Labute approximate surface area is 84.3 Å². The molecule has 0 atom stereocenters. The summed E-state index contributed by atoms with van der Waals surface area (Å²) in [6, 6.07) is 0. The number of carbonyl (C=O) groups is 1. The summed E-state index contributed by atoms with van der Waals surface area (Å²) in [5, 5.41) is 5.70. The first-order valence-corrected chi connectivity index (χ1v) is 4.64. The molecule has 1 aliphatic rings. The van der Waals surface area contributed by atoms with Crippen LogP contribution in [0.2, 0.25) is 0 Å². The first kappa shape index (κ1) is 11.1. The van der Waals surface area contributed by atoms with Gasteiger partial charge in [-0.25, -0.2) is 5.01 Å². The van der Waals surface area contributed by atoms with Crippen molar-refractivity contribution >= 4 is 11.6 Å². The van der Waals surface area contributed by atoms with Gasteiger partial charge in [-0.3, -0.25) is 4.79 Å². The van der Waals surface area contributed by atoms with Crippen LogP contribution in [-0.4, -0.2) is 62.4 Å². The molecule has 0 bridgehead atoms. The van der Waals surface area contributed by atoms with E-state index in [4.69, 9.17) is 4.74 Å². The molecule has 1 heterocycles. The quantitative estimate of drug-likeness (QED) is 0.615. The summed E-state index contributed by atoms with van der Waals surface area (Å²) in [5.41, 5.74) is 0.816. The fraction of sp³-hybridized carbons (Fsp3) is 0.778. The highest BCUT2D eigenvalue weighted by Crippen LogP contribution is 2.07. The van der Waals surface area contributed by atoms with Crippen molar-refractivity contribution in [3.8, 4) is 0 Å². The fourth-order valence-corrected chi connectivity index (χ4v) is 1.24. The zero-order valence-corrected chi connectivity index (χ0v) is 8.99. The molecule has 80 valence electrons. The van der Waals surface area contributed by atoms with Crippen LogP contribution < -0.4 is 0 Å². The minimum absolute atomic E-state index is 0.0684. The second-order valence-corrected chi connectivity index (χ2v) is 3.60. The van der Waals surface area contributed by atoms with E-state index in [-0.39, 0.29) is 5.91 Å². The first-order chi connectivity index (χ1) is 6.63. The minimum Gasteiger partial charge on any atom is -0.379 e. The Bertz CT molecular complexity index is 238. The lowest BCUT2D eigenvalue weighted by Crippen LogP contribution is -2.29. The monoisotopic (exact) mass is 199 g/mol. The SMILES string of the molecule is COCC1=NN(CCN(C)C)C(=O)C1. The predicted molar refractivity (Wildman–Crippen MR) is 54.2 cm³/mol. The molecule has 0 saturated carbocycles. The third-order valence-corrected chi connectivity index (χ3v) is 1.98. The van der Waals surface area contributed by atoms with E-state index in [2.05, 4.69) is 5.10 Å². The van der Waals surface area contributed by atoms with Crippen molar-refractivity contribution in [1.82, 2.24) is 9.91 Å². The Morgan fingerprint density at radius 2 is 2.29 bits per heavy atom. The molecule has 5 heteroatoms. The van der Waals surface area contributed by atoms with E-state index in [1.807, 2.05) is 19.0 Å². The highest BCUT2D eigenvalue weighted by Gasteiger charge is 2.22. The van der Waals surface area contributed by atoms with Crippen molar-refractivity contribution in [2.45, 2.75) is 6.42 Å². The van der Waals surface area contributed by atoms with Gasteiger partial charge in [0.25, 0.3) is 0 Å². The van der Waals surface area contributed by atoms with Crippen LogP contribution in [0.5, 0.6) is 0 Å². The van der Waals surface area contributed by atoms with E-state index in [0.29, 0.717) is 19.6 Å². The first-order valence-electron chi connectivity index (χ1n) is 4.64. The molecule has 1 amide bonds. The topological polar surface area (TPSA) is 45.1 Å². The fourth-order valence-electron chi connectivity index (χ4n) is 1.24. The third-order valence-electron chi connectivity index (χ3n) is 1.98. The normalized spacial score (nSPS) is 16.7. The molecule has 0 unspecified atom stereocenters. The van der Waals surface area contributed by atoms with Crippen LogP contribution in [0.1, 0.15) is 6.42 Å². The Morgan fingerprint density at radius 1 is 1.57 bits per heavy atom. The van der Waals surface area contributed by atoms with Gasteiger partial charge < -0.3 is 9.64 Å². The summed E-state index contributed by atoms with van der Waals surface area (Å²) in [5.74, 6) is 0.0684. The number of amides is 1. The van der Waals surface area contributed by atoms with Crippen LogP contribution in [-0.2, 0) is 9.53 Å². The smallest absolute Gasteiger partial charge is 0.248 e. The summed E-state index contributed by atoms with van der Waals surface area (Å²) in [4.78, 5) is 13.4. The largest absolute Gasteiger partial charge is 0.379 e. The lowest BCUT2D eigenvalue weighted by molar-refractivity contribution is -0.128. The van der Waals surface area contributed by atoms with Gasteiger partial charge in [0, 0.05) is 13.7 Å². The standard InChI is InChI=1S/C9H17N3O2/c1-11(2)4-5-12-9(13)6-8(10-12)7-14-3/h4-7H2,1-3H3. The van der Waals surface area contributed by atoms with E-state index >= 15 is 0 Å². The minimum atomic E-state index is 0.0684. The molecule has 0 radical (unpaired) electrons. The molecule has 0 aliphatic carbocycles. The summed E-state index contributed by atoms with van der Waals surface area (Å²) in [6.45, 7) is 1.93. The van der Waals surface area contributed by atoms with Crippen LogP contribution in [0.4, 0.5) is 0 Å². The van der Waals surface area contributed by atoms with Crippen LogP contribution in [0.3, 0.4) is 0 Å². The molecule has 0 aromatic heterocycles. The lowest BCUT2D eigenvalue weighted by Gasteiger charge is -2.14. The summed E-state index contributed by atoms with van der Waals surface area (Å²) >= 11 is 0. The average molecular weight is 199 g/mol. The Hall–Kier alpha value is -0.940. The zero-order valence-electron chi connectivity index (χ0n) is 8.99. The molecule has 0 aromatic carbocycles. The summed E-state index contributed by atoms with van der Waals surface area (Å²) in [6.07, 6.45) is 0.404. The van der Waals surface area contributed by atoms with Gasteiger partial charge in [-0.1, -0.05) is 0 Å². The van der Waals surface area contributed by atoms with Gasteiger partial charge >= 0.3 is 0 Å². The van der Waals surface area contributed by atoms with Gasteiger partial charge in [0.05, 0.1) is 25.3 Å². The molecule has 0 N–H and O–H groups in total. The van der Waals surface area contributed by atoms with Gasteiger partial charge in [0.2, 0.25) is 5.91 Å². The van der Waals surface area contributed by atoms with E-state index in [0.717, 1.165) is 12.3 Å². The number of ether oxygens (including phenoxy) is 1. The Kier molecular flexibility index (Phi) is 4.03. The maximum Gasteiger partial charge on any atom is 0.248 e. The van der Waals surface area contributed by atoms with E-state index in [9.17, 15) is 4.79 Å². The molecule has 1 aliphatic heterocycles. The summed E-state index contributed by atoms with van der Waals surface area (Å²) < 4.78 is 4.93. The highest BCUT2D eigenvalue weighted by molar-refractivity contribution is 6.05. The lowest BCUT2D eigenvalue weighted by atomic mass is 10.3. The van der Waals surface area contributed by atoms with Crippen LogP contribution in [0.25, 0.3) is 0 Å². The van der Waals surface area contributed by atoms with Crippen molar-refractivity contribution < 1.29 is 9.53 Å². The van der Waals surface area contributed by atoms with Crippen LogP contribution in [0, 0.1) is 0 Å². The predicted octanol–water partition coefficient (Wildman–Crippen LogP) is -0.217. The van der Waals surface area contributed by atoms with E-state index in [1.165, 1.54) is 5.01 Å². The average Bonchev–Trinajstić information content (AvgIpc) is 2.44. The molecule has 1 rings (SSSR count). The molecular weight excluding hydrogens is 182 g/mol. The van der Waals surface area contributed by atoms with Gasteiger partial charge in [0.1, 0.15) is 0 Å². The van der Waals surface area contributed by atoms with Crippen molar-refractivity contribution in [2.75, 3.05) is 40.9 Å². The number of hydrogen-bond acceptors (Lipinski definition) is 4. The molecule has 5 nitrogen and oxygen atoms in total. The van der Waals surface area contributed by atoms with Crippen LogP contribution in [0.15, 0.2) is 5.10 Å². The van der Waals surface area contributed by atoms with E-state index in [1.54, 1.807) is 7.11 Å². The van der Waals surface area contributed by atoms with Crippen molar-refractivity contribution in [3.63, 3.8) is 0 Å². The highest BCUT2D eigenvalue weighted by atomic mass is 16.5. The molecule has 14 heavy (non-hydrogen) atoms. The number of rotatable bonds is 5. The number of likely N-dealkylation sites (N-methyl/N-ethyl adjacent to an activating group) is 1. The molecular formula is C9H17N3O2. The number of hydrogen-bond donors (Lipinski definition) is 0. The van der Waals surface area contributed by atoms with Crippen molar-refractivity contribution in [3.05, 3.63) is 0 Å². The maximum absolute atomic E-state index is 11.4. The molecule has 0 saturated heterocycles. The van der Waals surface area contributed by atoms with Crippen LogP contribution >= 0.6 is 0 Å². The molecule has 0 spiro atoms. The third kappa shape index (κ3) is 3.08. The summed E-state index contributed by atoms with van der Waals surface area (Å²) in [7, 11) is 5.55. The number of methoxy groups -OCH3 is 1. The second-order valence-electron chi connectivity index (χ2n) is 3.60. The van der Waals surface area contributed by atoms with Gasteiger partial charge in [-0.15, -0.1) is 0 Å². The number of carbonyl (C=O) groups excluding carboxylic acids is 1. The van der Waals surface area contributed by atoms with Gasteiger partial charge in [-0.2, -0.15) is 5.10 Å². The van der Waals surface area contributed by atoms with Gasteiger partial charge in [0.15, 0.2) is 0 Å². The van der Waals surface area contributed by atoms with Crippen molar-refractivity contribution in [2.24, 2.45) is 5.10 Å². The molecule has 0 aromatic rings. The van der Waals surface area contributed by atoms with E-state index < -0.39 is 0 Å². The molecule has 0 fully saturated rings. The maximum atomic E-state index is 11.4.